The SMILES string of the molecule is Cc1ccc(-c2n[nH]c(=S)n2/N=C\c2ccc(N(C)CCC#N)cc2)cc1. The maximum absolute atomic E-state index is 8.69. The molecule has 1 N–H and O–H groups in total. The summed E-state index contributed by atoms with van der Waals surface area (Å²) < 4.78 is 2.06. The van der Waals surface area contributed by atoms with Gasteiger partial charge in [-0.15, -0.1) is 0 Å². The molecule has 0 radical (unpaired) electrons. The predicted molar refractivity (Wildman–Crippen MR) is 111 cm³/mol. The third kappa shape index (κ3) is 4.49. The minimum Gasteiger partial charge on any atom is -0.374 e. The molecule has 0 aliphatic rings. The lowest BCUT2D eigenvalue weighted by molar-refractivity contribution is 0.871. The molecule has 136 valence electrons. The highest BCUT2D eigenvalue weighted by atomic mass is 32.1. The maximum Gasteiger partial charge on any atom is 0.216 e. The highest BCUT2D eigenvalue weighted by Gasteiger charge is 2.07. The summed E-state index contributed by atoms with van der Waals surface area (Å²) in [6, 6.07) is 18.2. The Labute approximate surface area is 163 Å². The first-order valence-corrected chi connectivity index (χ1v) is 8.96. The van der Waals surface area contributed by atoms with Gasteiger partial charge in [0.25, 0.3) is 0 Å². The fourth-order valence-corrected chi connectivity index (χ4v) is 2.75. The van der Waals surface area contributed by atoms with Crippen LogP contribution >= 0.6 is 12.2 Å². The largest absolute Gasteiger partial charge is 0.374 e. The number of benzene rings is 2. The van der Waals surface area contributed by atoms with Gasteiger partial charge in [0.2, 0.25) is 4.77 Å². The van der Waals surface area contributed by atoms with E-state index in [1.165, 1.54) is 5.56 Å². The number of hydrogen-bond acceptors (Lipinski definition) is 5. The van der Waals surface area contributed by atoms with Crippen LogP contribution in [0.5, 0.6) is 0 Å². The van der Waals surface area contributed by atoms with Crippen molar-refractivity contribution in [2.75, 3.05) is 18.5 Å². The monoisotopic (exact) mass is 376 g/mol. The Morgan fingerprint density at radius 1 is 1.22 bits per heavy atom. The average Bonchev–Trinajstić information content (AvgIpc) is 3.06. The summed E-state index contributed by atoms with van der Waals surface area (Å²) >= 11 is 5.31. The van der Waals surface area contributed by atoms with Gasteiger partial charge in [0.15, 0.2) is 5.82 Å². The number of anilines is 1. The molecule has 3 rings (SSSR count). The molecule has 3 aromatic rings. The molecule has 0 unspecified atom stereocenters. The number of rotatable bonds is 6. The van der Waals surface area contributed by atoms with Gasteiger partial charge in [-0.3, -0.25) is 0 Å². The molecule has 0 aliphatic carbocycles. The zero-order valence-corrected chi connectivity index (χ0v) is 16.1. The number of nitrogens with zero attached hydrogens (tertiary/aromatic N) is 5. The quantitative estimate of drug-likeness (QED) is 0.518. The van der Waals surface area contributed by atoms with Crippen molar-refractivity contribution < 1.29 is 0 Å². The lowest BCUT2D eigenvalue weighted by Crippen LogP contribution is -2.17. The van der Waals surface area contributed by atoms with Crippen molar-refractivity contribution >= 4 is 24.1 Å². The Bertz CT molecular complexity index is 1020. The number of nitriles is 1. The van der Waals surface area contributed by atoms with Crippen molar-refractivity contribution in [3.05, 3.63) is 64.4 Å². The minimum absolute atomic E-state index is 0.440. The van der Waals surface area contributed by atoms with Gasteiger partial charge in [0, 0.05) is 24.8 Å². The lowest BCUT2D eigenvalue weighted by Gasteiger charge is -2.17. The maximum atomic E-state index is 8.69. The van der Waals surface area contributed by atoms with E-state index in [1.807, 2.05) is 67.4 Å². The van der Waals surface area contributed by atoms with Crippen LogP contribution in [0.3, 0.4) is 0 Å². The van der Waals surface area contributed by atoms with Gasteiger partial charge in [-0.2, -0.15) is 20.1 Å². The molecule has 27 heavy (non-hydrogen) atoms. The fourth-order valence-electron chi connectivity index (χ4n) is 2.57. The van der Waals surface area contributed by atoms with Crippen molar-refractivity contribution in [3.63, 3.8) is 0 Å². The molecular formula is C20H20N6S. The molecular weight excluding hydrogens is 356 g/mol. The molecule has 0 bridgehead atoms. The Kier molecular flexibility index (Phi) is 5.79. The molecule has 0 saturated carbocycles. The van der Waals surface area contributed by atoms with Crippen molar-refractivity contribution in [1.82, 2.24) is 14.9 Å². The van der Waals surface area contributed by atoms with E-state index >= 15 is 0 Å². The Balaban J connectivity index is 1.81. The lowest BCUT2D eigenvalue weighted by atomic mass is 10.1. The molecule has 6 nitrogen and oxygen atoms in total. The third-order valence-electron chi connectivity index (χ3n) is 4.18. The molecule has 0 aliphatic heterocycles. The first-order chi connectivity index (χ1) is 13.1. The molecule has 0 atom stereocenters. The van der Waals surface area contributed by atoms with E-state index in [0.717, 1.165) is 16.8 Å². The molecule has 0 amide bonds. The average molecular weight is 376 g/mol. The Morgan fingerprint density at radius 3 is 2.59 bits per heavy atom. The van der Waals surface area contributed by atoms with Crippen LogP contribution in [0.4, 0.5) is 5.69 Å². The highest BCUT2D eigenvalue weighted by molar-refractivity contribution is 7.71. The summed E-state index contributed by atoms with van der Waals surface area (Å²) in [6.07, 6.45) is 2.25. The molecule has 0 saturated heterocycles. The van der Waals surface area contributed by atoms with Crippen LogP contribution in [0.2, 0.25) is 0 Å². The second-order valence-corrected chi connectivity index (χ2v) is 6.58. The molecule has 7 heteroatoms. The summed E-state index contributed by atoms with van der Waals surface area (Å²) in [5.74, 6) is 0.670. The van der Waals surface area contributed by atoms with E-state index in [2.05, 4.69) is 21.4 Å². The highest BCUT2D eigenvalue weighted by Crippen LogP contribution is 2.18. The minimum atomic E-state index is 0.440. The standard InChI is InChI=1S/C20H20N6S/c1-15-4-8-17(9-5-15)19-23-24-20(27)26(19)22-14-16-6-10-18(11-7-16)25(2)13-3-12-21/h4-11,14H,3,13H2,1-2H3,(H,24,27)/b22-14-. The second-order valence-electron chi connectivity index (χ2n) is 6.20. The number of hydrogen-bond donors (Lipinski definition) is 1. The van der Waals surface area contributed by atoms with Gasteiger partial charge in [-0.25, -0.2) is 5.10 Å². The fraction of sp³-hybridized carbons (Fsp3) is 0.200. The van der Waals surface area contributed by atoms with Crippen LogP contribution < -0.4 is 4.90 Å². The van der Waals surface area contributed by atoms with E-state index in [-0.39, 0.29) is 0 Å². The second kappa shape index (κ2) is 8.43. The smallest absolute Gasteiger partial charge is 0.216 e. The van der Waals surface area contributed by atoms with Crippen LogP contribution in [0.15, 0.2) is 53.6 Å². The van der Waals surface area contributed by atoms with Crippen molar-refractivity contribution in [1.29, 1.82) is 5.26 Å². The number of nitrogens with one attached hydrogen (secondary N) is 1. The summed E-state index contributed by atoms with van der Waals surface area (Å²) in [6.45, 7) is 2.74. The van der Waals surface area contributed by atoms with E-state index in [4.69, 9.17) is 17.5 Å². The summed E-state index contributed by atoms with van der Waals surface area (Å²) in [5, 5.41) is 20.3. The van der Waals surface area contributed by atoms with Gasteiger partial charge < -0.3 is 4.90 Å². The third-order valence-corrected chi connectivity index (χ3v) is 4.44. The normalized spacial score (nSPS) is 10.9. The molecule has 2 aromatic carbocycles. The number of aromatic nitrogens is 3. The molecule has 0 spiro atoms. The van der Waals surface area contributed by atoms with Crippen molar-refractivity contribution in [2.45, 2.75) is 13.3 Å². The van der Waals surface area contributed by atoms with Crippen LogP contribution in [-0.2, 0) is 0 Å². The molecule has 1 aromatic heterocycles. The van der Waals surface area contributed by atoms with Crippen LogP contribution in [0.1, 0.15) is 17.5 Å². The van der Waals surface area contributed by atoms with E-state index in [0.29, 0.717) is 23.6 Å². The van der Waals surface area contributed by atoms with Crippen LogP contribution in [0.25, 0.3) is 11.4 Å². The van der Waals surface area contributed by atoms with Gasteiger partial charge in [0.05, 0.1) is 18.7 Å². The Morgan fingerprint density at radius 2 is 1.93 bits per heavy atom. The van der Waals surface area contributed by atoms with Crippen LogP contribution in [0, 0.1) is 23.0 Å². The topological polar surface area (TPSA) is 73.0 Å². The molecule has 0 fully saturated rings. The summed E-state index contributed by atoms with van der Waals surface area (Å²) in [4.78, 5) is 2.05. The first-order valence-electron chi connectivity index (χ1n) is 8.55. The first kappa shape index (κ1) is 18.5. The van der Waals surface area contributed by atoms with Gasteiger partial charge in [-0.1, -0.05) is 42.0 Å². The van der Waals surface area contributed by atoms with Crippen molar-refractivity contribution in [3.8, 4) is 17.5 Å². The van der Waals surface area contributed by atoms with E-state index < -0.39 is 0 Å². The van der Waals surface area contributed by atoms with Crippen molar-refractivity contribution in [2.24, 2.45) is 5.10 Å². The summed E-state index contributed by atoms with van der Waals surface area (Å²) in [5.41, 5.74) is 4.13. The van der Waals surface area contributed by atoms with Gasteiger partial charge >= 0.3 is 0 Å². The number of H-pyrrole nitrogens is 1. The van der Waals surface area contributed by atoms with Crippen LogP contribution in [-0.4, -0.2) is 34.7 Å². The van der Waals surface area contributed by atoms with E-state index in [1.54, 1.807) is 10.9 Å². The van der Waals surface area contributed by atoms with Gasteiger partial charge in [0.1, 0.15) is 0 Å². The van der Waals surface area contributed by atoms with E-state index in [9.17, 15) is 0 Å². The zero-order chi connectivity index (χ0) is 19.2. The zero-order valence-electron chi connectivity index (χ0n) is 15.3. The van der Waals surface area contributed by atoms with Gasteiger partial charge in [-0.05, 0) is 36.8 Å². The molecule has 1 heterocycles. The predicted octanol–water partition coefficient (Wildman–Crippen LogP) is 4.15. The number of aromatic amines is 1. The number of aryl methyl sites for hydroxylation is 1. The Hall–Kier alpha value is -3.24. The summed E-state index contributed by atoms with van der Waals surface area (Å²) in [7, 11) is 1.97.